The van der Waals surface area contributed by atoms with Gasteiger partial charge in [-0.3, -0.25) is 4.79 Å². The Balaban J connectivity index is 2.08. The minimum Gasteiger partial charge on any atom is -0.338 e. The Morgan fingerprint density at radius 2 is 2.00 bits per heavy atom. The van der Waals surface area contributed by atoms with E-state index in [0.717, 1.165) is 31.6 Å². The summed E-state index contributed by atoms with van der Waals surface area (Å²) in [6.07, 6.45) is 1.96. The standard InChI is InChI=1S/C14H22ClN3OS/c1-9(15)10-5-7-18(8-6-10)13(19)11-12(14(2,3)4)16-17-20-11/h9-10H,5-8H2,1-4H3. The highest BCUT2D eigenvalue weighted by atomic mass is 35.5. The van der Waals surface area contributed by atoms with E-state index in [9.17, 15) is 4.79 Å². The van der Waals surface area contributed by atoms with E-state index < -0.39 is 0 Å². The van der Waals surface area contributed by atoms with Crippen LogP contribution in [-0.2, 0) is 5.41 Å². The van der Waals surface area contributed by atoms with E-state index in [4.69, 9.17) is 11.6 Å². The first-order chi connectivity index (χ1) is 9.30. The van der Waals surface area contributed by atoms with Crippen molar-refractivity contribution < 1.29 is 4.79 Å². The van der Waals surface area contributed by atoms with Gasteiger partial charge < -0.3 is 4.90 Å². The highest BCUT2D eigenvalue weighted by Crippen LogP contribution is 2.29. The van der Waals surface area contributed by atoms with Gasteiger partial charge in [0, 0.05) is 23.9 Å². The number of rotatable bonds is 2. The van der Waals surface area contributed by atoms with Crippen LogP contribution in [0, 0.1) is 5.92 Å². The molecule has 1 atom stereocenters. The van der Waals surface area contributed by atoms with Gasteiger partial charge in [0.05, 0.1) is 5.69 Å². The number of likely N-dealkylation sites (tertiary alicyclic amines) is 1. The van der Waals surface area contributed by atoms with Gasteiger partial charge in [-0.1, -0.05) is 25.3 Å². The van der Waals surface area contributed by atoms with Gasteiger partial charge in [0.25, 0.3) is 5.91 Å². The van der Waals surface area contributed by atoms with Crippen LogP contribution in [0.1, 0.15) is 55.9 Å². The van der Waals surface area contributed by atoms with E-state index >= 15 is 0 Å². The number of halogens is 1. The van der Waals surface area contributed by atoms with Crippen molar-refractivity contribution in [1.82, 2.24) is 14.5 Å². The normalized spacial score (nSPS) is 19.1. The summed E-state index contributed by atoms with van der Waals surface area (Å²) in [6.45, 7) is 9.77. The summed E-state index contributed by atoms with van der Waals surface area (Å²) >= 11 is 7.35. The van der Waals surface area contributed by atoms with Crippen molar-refractivity contribution in [1.29, 1.82) is 0 Å². The molecule has 1 fully saturated rings. The number of aromatic nitrogens is 2. The zero-order valence-electron chi connectivity index (χ0n) is 12.5. The fourth-order valence-corrected chi connectivity index (χ4v) is 3.62. The summed E-state index contributed by atoms with van der Waals surface area (Å²) in [5.41, 5.74) is 0.654. The lowest BCUT2D eigenvalue weighted by atomic mass is 9.90. The lowest BCUT2D eigenvalue weighted by Gasteiger charge is -2.33. The molecule has 0 radical (unpaired) electrons. The van der Waals surface area contributed by atoms with Crippen molar-refractivity contribution in [2.75, 3.05) is 13.1 Å². The molecular weight excluding hydrogens is 294 g/mol. The van der Waals surface area contributed by atoms with Gasteiger partial charge in [0.1, 0.15) is 4.88 Å². The van der Waals surface area contributed by atoms with Crippen LogP contribution in [0.4, 0.5) is 0 Å². The first-order valence-corrected chi connectivity index (χ1v) is 8.28. The Hall–Kier alpha value is -0.680. The summed E-state index contributed by atoms with van der Waals surface area (Å²) in [4.78, 5) is 15.2. The quantitative estimate of drug-likeness (QED) is 0.787. The predicted molar refractivity (Wildman–Crippen MR) is 82.6 cm³/mol. The molecule has 1 amide bonds. The van der Waals surface area contributed by atoms with Crippen molar-refractivity contribution in [3.05, 3.63) is 10.6 Å². The molecule has 20 heavy (non-hydrogen) atoms. The molecule has 4 nitrogen and oxygen atoms in total. The van der Waals surface area contributed by atoms with Crippen LogP contribution in [-0.4, -0.2) is 38.9 Å². The molecule has 1 aliphatic heterocycles. The fraction of sp³-hybridized carbons (Fsp3) is 0.786. The molecule has 1 unspecified atom stereocenters. The third kappa shape index (κ3) is 3.31. The van der Waals surface area contributed by atoms with Crippen LogP contribution in [0.15, 0.2) is 0 Å². The lowest BCUT2D eigenvalue weighted by molar-refractivity contribution is 0.0692. The number of amides is 1. The second-order valence-corrected chi connectivity index (χ2v) is 7.95. The summed E-state index contributed by atoms with van der Waals surface area (Å²) in [5, 5.41) is 4.33. The molecule has 0 saturated carbocycles. The van der Waals surface area contributed by atoms with Gasteiger partial charge in [0.15, 0.2) is 0 Å². The monoisotopic (exact) mass is 315 g/mol. The first-order valence-electron chi connectivity index (χ1n) is 7.07. The van der Waals surface area contributed by atoms with Crippen LogP contribution in [0.3, 0.4) is 0 Å². The van der Waals surface area contributed by atoms with Crippen molar-refractivity contribution in [2.45, 2.75) is 51.3 Å². The average Bonchev–Trinajstić information content (AvgIpc) is 2.87. The molecule has 1 aromatic rings. The van der Waals surface area contributed by atoms with Crippen LogP contribution in [0.5, 0.6) is 0 Å². The van der Waals surface area contributed by atoms with Gasteiger partial charge in [-0.15, -0.1) is 16.7 Å². The molecule has 6 heteroatoms. The number of hydrogen-bond donors (Lipinski definition) is 0. The molecule has 1 saturated heterocycles. The van der Waals surface area contributed by atoms with Crippen LogP contribution in [0.2, 0.25) is 0 Å². The number of carbonyl (C=O) groups is 1. The maximum absolute atomic E-state index is 12.6. The summed E-state index contributed by atoms with van der Waals surface area (Å²) in [6, 6.07) is 0. The molecule has 2 rings (SSSR count). The Morgan fingerprint density at radius 1 is 1.40 bits per heavy atom. The first kappa shape index (κ1) is 15.7. The number of alkyl halides is 1. The van der Waals surface area contributed by atoms with Crippen molar-refractivity contribution in [3.63, 3.8) is 0 Å². The minimum atomic E-state index is -0.152. The van der Waals surface area contributed by atoms with Crippen molar-refractivity contribution in [3.8, 4) is 0 Å². The zero-order valence-corrected chi connectivity index (χ0v) is 14.1. The zero-order chi connectivity index (χ0) is 14.9. The molecule has 0 aliphatic carbocycles. The van der Waals surface area contributed by atoms with E-state index in [-0.39, 0.29) is 16.7 Å². The SMILES string of the molecule is CC(Cl)C1CCN(C(=O)c2snnc2C(C)(C)C)CC1. The highest BCUT2D eigenvalue weighted by Gasteiger charge is 2.31. The summed E-state index contributed by atoms with van der Waals surface area (Å²) < 4.78 is 3.97. The summed E-state index contributed by atoms with van der Waals surface area (Å²) in [5.74, 6) is 0.591. The maximum Gasteiger partial charge on any atom is 0.267 e. The van der Waals surface area contributed by atoms with E-state index in [1.807, 2.05) is 11.8 Å². The molecular formula is C14H22ClN3OS. The van der Waals surface area contributed by atoms with Crippen molar-refractivity contribution in [2.24, 2.45) is 5.92 Å². The highest BCUT2D eigenvalue weighted by molar-refractivity contribution is 7.08. The number of carbonyl (C=O) groups excluding carboxylic acids is 1. The van der Waals surface area contributed by atoms with E-state index in [1.165, 1.54) is 11.5 Å². The molecule has 0 bridgehead atoms. The van der Waals surface area contributed by atoms with Gasteiger partial charge in [-0.2, -0.15) is 0 Å². The van der Waals surface area contributed by atoms with Crippen molar-refractivity contribution >= 4 is 29.0 Å². The third-order valence-electron chi connectivity index (χ3n) is 3.87. The Morgan fingerprint density at radius 3 is 2.50 bits per heavy atom. The third-order valence-corrected chi connectivity index (χ3v) is 4.94. The van der Waals surface area contributed by atoms with Gasteiger partial charge in [-0.25, -0.2) is 0 Å². The number of nitrogens with zero attached hydrogens (tertiary/aromatic N) is 3. The maximum atomic E-state index is 12.6. The van der Waals surface area contributed by atoms with E-state index in [2.05, 4.69) is 30.4 Å². The van der Waals surface area contributed by atoms with Crippen LogP contribution >= 0.6 is 23.1 Å². The molecule has 2 heterocycles. The Bertz CT molecular complexity index is 473. The molecule has 1 aliphatic rings. The second kappa shape index (κ2) is 5.98. The fourth-order valence-electron chi connectivity index (χ4n) is 2.53. The van der Waals surface area contributed by atoms with Gasteiger partial charge >= 0.3 is 0 Å². The van der Waals surface area contributed by atoms with Gasteiger partial charge in [-0.05, 0) is 37.2 Å². The topological polar surface area (TPSA) is 46.1 Å². The van der Waals surface area contributed by atoms with E-state index in [0.29, 0.717) is 10.8 Å². The second-order valence-electron chi connectivity index (χ2n) is 6.51. The molecule has 112 valence electrons. The number of hydrogen-bond acceptors (Lipinski definition) is 4. The molecule has 0 spiro atoms. The average molecular weight is 316 g/mol. The Kier molecular flexibility index (Phi) is 4.69. The number of piperidine rings is 1. The predicted octanol–water partition coefficient (Wildman–Crippen LogP) is 3.32. The molecule has 0 aromatic carbocycles. The lowest BCUT2D eigenvalue weighted by Crippen LogP contribution is -2.40. The van der Waals surface area contributed by atoms with Gasteiger partial charge in [0.2, 0.25) is 0 Å². The smallest absolute Gasteiger partial charge is 0.267 e. The Labute approximate surface area is 129 Å². The summed E-state index contributed by atoms with van der Waals surface area (Å²) in [7, 11) is 0. The minimum absolute atomic E-state index is 0.0746. The molecule has 1 aromatic heterocycles. The largest absolute Gasteiger partial charge is 0.338 e. The van der Waals surface area contributed by atoms with Crippen LogP contribution < -0.4 is 0 Å². The molecule has 0 N–H and O–H groups in total. The van der Waals surface area contributed by atoms with E-state index in [1.54, 1.807) is 0 Å². The van der Waals surface area contributed by atoms with Crippen LogP contribution in [0.25, 0.3) is 0 Å².